The van der Waals surface area contributed by atoms with Crippen molar-refractivity contribution in [3.8, 4) is 45.6 Å². The largest absolute Gasteiger partial charge is 0.494 e. The molecule has 0 aliphatic heterocycles. The van der Waals surface area contributed by atoms with Crippen LogP contribution in [0.3, 0.4) is 0 Å². The summed E-state index contributed by atoms with van der Waals surface area (Å²) in [6.45, 7) is 10.3. The van der Waals surface area contributed by atoms with E-state index in [1.165, 1.54) is 106 Å². The van der Waals surface area contributed by atoms with Crippen LogP contribution in [0.15, 0.2) is 146 Å². The fourth-order valence-electron chi connectivity index (χ4n) is 7.64. The van der Waals surface area contributed by atoms with Gasteiger partial charge in [0.2, 0.25) is 0 Å². The number of unbranched alkanes of at least 4 members (excludes halogenated alkanes) is 7. The van der Waals surface area contributed by atoms with Gasteiger partial charge in [-0.2, -0.15) is 0 Å². The van der Waals surface area contributed by atoms with Crippen molar-refractivity contribution in [2.45, 2.75) is 105 Å². The van der Waals surface area contributed by atoms with Crippen LogP contribution in [-0.4, -0.2) is 37.1 Å². The first-order valence-corrected chi connectivity index (χ1v) is 24.8. The number of esters is 4. The van der Waals surface area contributed by atoms with E-state index in [4.69, 9.17) is 28.4 Å². The molecule has 0 N–H and O–H groups in total. The smallest absolute Gasteiger partial charge is 0.343 e. The molecular formula is C60H66O10. The lowest BCUT2D eigenvalue weighted by atomic mass is 9.98. The van der Waals surface area contributed by atoms with Crippen molar-refractivity contribution in [3.63, 3.8) is 0 Å². The van der Waals surface area contributed by atoms with Gasteiger partial charge in [-0.3, -0.25) is 0 Å². The molecule has 10 heteroatoms. The Morgan fingerprint density at radius 3 is 1.26 bits per heavy atom. The van der Waals surface area contributed by atoms with Gasteiger partial charge in [0, 0.05) is 0 Å². The number of hydrogen-bond acceptors (Lipinski definition) is 10. The molecule has 0 bridgehead atoms. The summed E-state index contributed by atoms with van der Waals surface area (Å²) in [5.41, 5.74) is 2.80. The van der Waals surface area contributed by atoms with Crippen LogP contribution in [0.25, 0.3) is 11.1 Å². The molecular weight excluding hydrogens is 881 g/mol. The third kappa shape index (κ3) is 17.4. The number of ether oxygens (including phenoxy) is 6. The van der Waals surface area contributed by atoms with Gasteiger partial charge in [-0.25, -0.2) is 19.2 Å². The van der Waals surface area contributed by atoms with Gasteiger partial charge in [0.1, 0.15) is 34.5 Å². The Morgan fingerprint density at radius 1 is 0.371 bits per heavy atom. The van der Waals surface area contributed by atoms with E-state index in [9.17, 15) is 19.2 Å². The van der Waals surface area contributed by atoms with Crippen molar-refractivity contribution in [1.82, 2.24) is 0 Å². The predicted octanol–water partition coefficient (Wildman–Crippen LogP) is 15.0. The fourth-order valence-corrected chi connectivity index (χ4v) is 7.64. The highest BCUT2D eigenvalue weighted by Crippen LogP contribution is 2.27. The second-order valence-electron chi connectivity index (χ2n) is 18.1. The van der Waals surface area contributed by atoms with Gasteiger partial charge in [0.05, 0.1) is 35.5 Å². The molecule has 70 heavy (non-hydrogen) atoms. The van der Waals surface area contributed by atoms with E-state index in [2.05, 4.69) is 27.7 Å². The lowest BCUT2D eigenvalue weighted by Gasteiger charge is -2.13. The molecule has 6 aromatic rings. The molecule has 6 aromatic carbocycles. The third-order valence-corrected chi connectivity index (χ3v) is 11.8. The molecule has 0 amide bonds. The summed E-state index contributed by atoms with van der Waals surface area (Å²) >= 11 is 0. The number of carbonyl (C=O) groups is 4. The minimum Gasteiger partial charge on any atom is -0.494 e. The van der Waals surface area contributed by atoms with Crippen LogP contribution in [0, 0.1) is 11.8 Å². The van der Waals surface area contributed by atoms with Crippen LogP contribution >= 0.6 is 0 Å². The highest BCUT2D eigenvalue weighted by Gasteiger charge is 2.16. The topological polar surface area (TPSA) is 124 Å². The normalized spacial score (nSPS) is 11.4. The summed E-state index contributed by atoms with van der Waals surface area (Å²) in [6, 6.07) is 40.0. The summed E-state index contributed by atoms with van der Waals surface area (Å²) in [5.74, 6) is 1.80. The standard InChI is InChI=1S/C60H66O10/c1-5-6-7-8-9-10-11-12-40-65-51-27-21-46(22-28-51)57(61)68-54-31-23-47(24-32-54)58(62)67-53-29-19-45(20-30-53)49-17-14-18-50(42-49)60(64)70-55-33-25-48(26-34-55)59(63)69-56-37-35-52(36-38-56)66-41-39-44(4)16-13-15-43(2)3/h14,17-38,42-44H,5-13,15-16,39-41H2,1-4H3/t44-/m1/s1. The molecule has 0 aliphatic rings. The zero-order valence-corrected chi connectivity index (χ0v) is 41.0. The van der Waals surface area contributed by atoms with E-state index in [1.807, 2.05) is 6.07 Å². The number of benzene rings is 6. The van der Waals surface area contributed by atoms with Gasteiger partial charge in [0.15, 0.2) is 0 Å². The molecule has 366 valence electrons. The van der Waals surface area contributed by atoms with Crippen molar-refractivity contribution < 1.29 is 47.6 Å². The Morgan fingerprint density at radius 2 is 0.771 bits per heavy atom. The summed E-state index contributed by atoms with van der Waals surface area (Å²) in [7, 11) is 0. The Hall–Kier alpha value is -7.20. The molecule has 0 fully saturated rings. The first-order chi connectivity index (χ1) is 34.0. The van der Waals surface area contributed by atoms with E-state index in [0.29, 0.717) is 53.1 Å². The van der Waals surface area contributed by atoms with E-state index in [-0.39, 0.29) is 17.1 Å². The number of carbonyl (C=O) groups excluding carboxylic acids is 4. The van der Waals surface area contributed by atoms with Crippen LogP contribution in [0.5, 0.6) is 34.5 Å². The third-order valence-electron chi connectivity index (χ3n) is 11.8. The summed E-state index contributed by atoms with van der Waals surface area (Å²) in [5, 5.41) is 0. The van der Waals surface area contributed by atoms with Gasteiger partial charge >= 0.3 is 23.9 Å². The summed E-state index contributed by atoms with van der Waals surface area (Å²) in [4.78, 5) is 51.8. The van der Waals surface area contributed by atoms with Gasteiger partial charge in [-0.1, -0.05) is 116 Å². The zero-order valence-electron chi connectivity index (χ0n) is 41.0. The Bertz CT molecular complexity index is 2550. The van der Waals surface area contributed by atoms with Crippen LogP contribution in [0.4, 0.5) is 0 Å². The Kier molecular flexibility index (Phi) is 20.7. The molecule has 0 saturated carbocycles. The van der Waals surface area contributed by atoms with Crippen LogP contribution in [0.1, 0.15) is 146 Å². The van der Waals surface area contributed by atoms with Crippen LogP contribution in [-0.2, 0) is 0 Å². The van der Waals surface area contributed by atoms with E-state index in [0.717, 1.165) is 42.1 Å². The Labute approximate surface area is 413 Å². The molecule has 0 radical (unpaired) electrons. The van der Waals surface area contributed by atoms with Gasteiger partial charge < -0.3 is 28.4 Å². The molecule has 0 heterocycles. The number of hydrogen-bond donors (Lipinski definition) is 0. The average Bonchev–Trinajstić information content (AvgIpc) is 3.37. The minimum atomic E-state index is -0.582. The lowest BCUT2D eigenvalue weighted by molar-refractivity contribution is 0.0720. The van der Waals surface area contributed by atoms with Crippen molar-refractivity contribution in [1.29, 1.82) is 0 Å². The maximum atomic E-state index is 13.2. The van der Waals surface area contributed by atoms with Gasteiger partial charge in [0.25, 0.3) is 0 Å². The molecule has 10 nitrogen and oxygen atoms in total. The highest BCUT2D eigenvalue weighted by atomic mass is 16.5. The van der Waals surface area contributed by atoms with E-state index >= 15 is 0 Å². The molecule has 6 rings (SSSR count). The monoisotopic (exact) mass is 946 g/mol. The van der Waals surface area contributed by atoms with Crippen molar-refractivity contribution >= 4 is 23.9 Å². The molecule has 0 aliphatic carbocycles. The maximum Gasteiger partial charge on any atom is 0.343 e. The fraction of sp³-hybridized carbons (Fsp3) is 0.333. The first-order valence-electron chi connectivity index (χ1n) is 24.8. The maximum absolute atomic E-state index is 13.2. The SMILES string of the molecule is CCCCCCCCCCOc1ccc(C(=O)Oc2ccc(C(=O)Oc3ccc(-c4cccc(C(=O)Oc5ccc(C(=O)Oc6ccc(OCC[C@H](C)CCCC(C)C)cc6)cc5)c4)cc3)cc2)cc1. The summed E-state index contributed by atoms with van der Waals surface area (Å²) < 4.78 is 34.1. The quantitative estimate of drug-likeness (QED) is 0.0280. The predicted molar refractivity (Wildman–Crippen MR) is 274 cm³/mol. The molecule has 0 spiro atoms. The average molecular weight is 947 g/mol. The second-order valence-corrected chi connectivity index (χ2v) is 18.1. The van der Waals surface area contributed by atoms with E-state index < -0.39 is 23.9 Å². The van der Waals surface area contributed by atoms with Crippen LogP contribution < -0.4 is 28.4 Å². The molecule has 0 saturated heterocycles. The number of rotatable bonds is 27. The first kappa shape index (κ1) is 52.2. The molecule has 0 aromatic heterocycles. The van der Waals surface area contributed by atoms with Crippen molar-refractivity contribution in [3.05, 3.63) is 168 Å². The minimum absolute atomic E-state index is 0.264. The summed E-state index contributed by atoms with van der Waals surface area (Å²) in [6.07, 6.45) is 14.5. The van der Waals surface area contributed by atoms with Gasteiger partial charge in [-0.05, 0) is 157 Å². The van der Waals surface area contributed by atoms with Crippen molar-refractivity contribution in [2.75, 3.05) is 13.2 Å². The Balaban J connectivity index is 0.909. The second kappa shape index (κ2) is 27.7. The lowest BCUT2D eigenvalue weighted by Crippen LogP contribution is -2.10. The zero-order chi connectivity index (χ0) is 49.5. The molecule has 0 unspecified atom stereocenters. The van der Waals surface area contributed by atoms with E-state index in [1.54, 1.807) is 91.0 Å². The molecule has 1 atom stereocenters. The van der Waals surface area contributed by atoms with Crippen molar-refractivity contribution in [2.24, 2.45) is 11.8 Å². The highest BCUT2D eigenvalue weighted by molar-refractivity contribution is 5.94. The van der Waals surface area contributed by atoms with Gasteiger partial charge in [-0.15, -0.1) is 0 Å². The van der Waals surface area contributed by atoms with Crippen LogP contribution in [0.2, 0.25) is 0 Å².